The van der Waals surface area contributed by atoms with E-state index in [1.807, 2.05) is 6.92 Å². The summed E-state index contributed by atoms with van der Waals surface area (Å²) in [5.74, 6) is -2.27. The molecule has 5 bridgehead atoms. The molecule has 25 heavy (non-hydrogen) atoms. The van der Waals surface area contributed by atoms with Gasteiger partial charge in [0.05, 0.1) is 5.92 Å². The second-order valence-electron chi connectivity index (χ2n) is 7.93. The van der Waals surface area contributed by atoms with E-state index in [-0.39, 0.29) is 34.7 Å². The van der Waals surface area contributed by atoms with Crippen molar-refractivity contribution in [1.82, 2.24) is 0 Å². The molecule has 134 valence electrons. The van der Waals surface area contributed by atoms with Gasteiger partial charge in [-0.3, -0.25) is 9.59 Å². The van der Waals surface area contributed by atoms with E-state index in [9.17, 15) is 19.5 Å². The van der Waals surface area contributed by atoms with Crippen LogP contribution in [0.5, 0.6) is 0 Å². The summed E-state index contributed by atoms with van der Waals surface area (Å²) in [5, 5.41) is 10.7. The average molecular weight is 346 g/mol. The second kappa shape index (κ2) is 5.27. The summed E-state index contributed by atoms with van der Waals surface area (Å²) in [6.45, 7) is 5.41. The van der Waals surface area contributed by atoms with Crippen molar-refractivity contribution in [3.8, 4) is 0 Å². The number of allylic oxidation sites excluding steroid dienone is 1. The first-order valence-electron chi connectivity index (χ1n) is 8.85. The minimum absolute atomic E-state index is 0.0252. The summed E-state index contributed by atoms with van der Waals surface area (Å²) in [4.78, 5) is 37.8. The first kappa shape index (κ1) is 16.5. The van der Waals surface area contributed by atoms with Crippen LogP contribution in [0.15, 0.2) is 23.5 Å². The molecule has 6 nitrogen and oxygen atoms in total. The number of esters is 1. The van der Waals surface area contributed by atoms with Crippen LogP contribution >= 0.6 is 0 Å². The molecule has 0 radical (unpaired) electrons. The Bertz CT molecular complexity index is 734. The fraction of sp³-hybridized carbons (Fsp3) is 0.632. The lowest BCUT2D eigenvalue weighted by atomic mass is 9.64. The Morgan fingerprint density at radius 1 is 1.16 bits per heavy atom. The Labute approximate surface area is 145 Å². The van der Waals surface area contributed by atoms with Gasteiger partial charge in [0.25, 0.3) is 0 Å². The molecule has 5 rings (SSSR count). The molecule has 2 aliphatic carbocycles. The number of ketones is 2. The van der Waals surface area contributed by atoms with Gasteiger partial charge < -0.3 is 14.6 Å². The van der Waals surface area contributed by atoms with Crippen molar-refractivity contribution < 1.29 is 29.0 Å². The van der Waals surface area contributed by atoms with E-state index in [0.717, 1.165) is 0 Å². The lowest BCUT2D eigenvalue weighted by Gasteiger charge is -2.54. The number of fused-ring (bicyclic) bond motifs is 1. The highest BCUT2D eigenvalue weighted by Gasteiger charge is 2.67. The number of hydrogen-bond donors (Lipinski definition) is 1. The van der Waals surface area contributed by atoms with Gasteiger partial charge in [0.1, 0.15) is 17.8 Å². The average Bonchev–Trinajstić information content (AvgIpc) is 2.83. The van der Waals surface area contributed by atoms with Crippen molar-refractivity contribution in [3.05, 3.63) is 23.5 Å². The predicted molar refractivity (Wildman–Crippen MR) is 86.1 cm³/mol. The van der Waals surface area contributed by atoms with E-state index in [0.29, 0.717) is 12.8 Å². The Morgan fingerprint density at radius 2 is 1.88 bits per heavy atom. The van der Waals surface area contributed by atoms with Gasteiger partial charge in [-0.2, -0.15) is 0 Å². The first-order valence-corrected chi connectivity index (χ1v) is 8.85. The largest absolute Gasteiger partial charge is 0.486 e. The smallest absolute Gasteiger partial charge is 0.346 e. The van der Waals surface area contributed by atoms with Gasteiger partial charge in [0.15, 0.2) is 22.9 Å². The maximum absolute atomic E-state index is 12.9. The van der Waals surface area contributed by atoms with Crippen LogP contribution in [0.3, 0.4) is 0 Å². The van der Waals surface area contributed by atoms with Crippen molar-refractivity contribution in [1.29, 1.82) is 0 Å². The quantitative estimate of drug-likeness (QED) is 0.526. The van der Waals surface area contributed by atoms with Crippen LogP contribution in [-0.4, -0.2) is 40.5 Å². The second-order valence-corrected chi connectivity index (χ2v) is 7.93. The summed E-state index contributed by atoms with van der Waals surface area (Å²) in [6.07, 6.45) is 2.51. The summed E-state index contributed by atoms with van der Waals surface area (Å²) in [5.41, 5.74) is -1.21. The number of ether oxygens (including phenoxy) is 2. The molecular formula is C19H22O6. The first-order chi connectivity index (χ1) is 11.8. The number of rotatable bonds is 0. The van der Waals surface area contributed by atoms with E-state index in [1.54, 1.807) is 19.9 Å². The van der Waals surface area contributed by atoms with Gasteiger partial charge >= 0.3 is 5.97 Å². The molecule has 0 amide bonds. The van der Waals surface area contributed by atoms with Crippen molar-refractivity contribution in [2.45, 2.75) is 51.4 Å². The highest BCUT2D eigenvalue weighted by molar-refractivity contribution is 6.20. The molecule has 0 aromatic heterocycles. The Hall–Kier alpha value is -1.95. The molecule has 3 heterocycles. The standard InChI is InChI=1S/C19H22O6/c1-8-6-9(2)14(21)13-17-19(25-18(13)23)7-10(3)16(24-17)15(22)11(19)4-5-12(8)20/h4-5,8-11,15-16,22H,6-7H2,1-3H3/b5-4+/t8-,9+,10+,11+,15?,16?,19?/m0/s1. The molecule has 3 fully saturated rings. The van der Waals surface area contributed by atoms with Crippen LogP contribution in [-0.2, 0) is 23.9 Å². The Kier molecular flexibility index (Phi) is 3.48. The third-order valence-corrected chi connectivity index (χ3v) is 6.13. The molecular weight excluding hydrogens is 324 g/mol. The zero-order valence-electron chi connectivity index (χ0n) is 14.5. The lowest BCUT2D eigenvalue weighted by Crippen LogP contribution is -2.63. The van der Waals surface area contributed by atoms with E-state index < -0.39 is 35.6 Å². The lowest BCUT2D eigenvalue weighted by molar-refractivity contribution is -0.220. The monoisotopic (exact) mass is 346 g/mol. The maximum Gasteiger partial charge on any atom is 0.346 e. The third kappa shape index (κ3) is 2.09. The SMILES string of the molecule is C[C@@H]1C[C@H](C)C(=O)/C=C/[C@@H]2C(O)C3OC4=C(C(=O)OC42C[C@H]3C)C1=O. The van der Waals surface area contributed by atoms with Gasteiger partial charge in [-0.05, 0) is 18.4 Å². The molecule has 0 aromatic carbocycles. The van der Waals surface area contributed by atoms with Crippen molar-refractivity contribution >= 4 is 17.5 Å². The molecule has 0 aromatic rings. The number of carbonyl (C=O) groups is 3. The van der Waals surface area contributed by atoms with E-state index >= 15 is 0 Å². The van der Waals surface area contributed by atoms with Gasteiger partial charge in [0, 0.05) is 18.3 Å². The topological polar surface area (TPSA) is 89.9 Å². The zero-order valence-corrected chi connectivity index (χ0v) is 14.5. The van der Waals surface area contributed by atoms with Crippen LogP contribution in [0.25, 0.3) is 0 Å². The van der Waals surface area contributed by atoms with Crippen LogP contribution < -0.4 is 0 Å². The summed E-state index contributed by atoms with van der Waals surface area (Å²) in [6, 6.07) is 0. The molecule has 3 unspecified atom stereocenters. The predicted octanol–water partition coefficient (Wildman–Crippen LogP) is 1.32. The molecule has 5 aliphatic rings. The van der Waals surface area contributed by atoms with Gasteiger partial charge in [-0.25, -0.2) is 4.79 Å². The number of Topliss-reactive ketones (excluding diaryl/α,β-unsaturated/α-hetero) is 1. The van der Waals surface area contributed by atoms with Gasteiger partial charge in [-0.1, -0.05) is 26.8 Å². The van der Waals surface area contributed by atoms with Crippen LogP contribution in [0.4, 0.5) is 0 Å². The van der Waals surface area contributed by atoms with Gasteiger partial charge in [0.2, 0.25) is 0 Å². The number of carbonyl (C=O) groups excluding carboxylic acids is 3. The summed E-state index contributed by atoms with van der Waals surface area (Å²) >= 11 is 0. The third-order valence-electron chi connectivity index (χ3n) is 6.13. The number of hydrogen-bond acceptors (Lipinski definition) is 6. The number of aliphatic hydroxyl groups excluding tert-OH is 1. The molecule has 1 N–H and O–H groups in total. The van der Waals surface area contributed by atoms with E-state index in [4.69, 9.17) is 9.47 Å². The summed E-state index contributed by atoms with van der Waals surface area (Å²) in [7, 11) is 0. The molecule has 6 heteroatoms. The zero-order chi connectivity index (χ0) is 18.1. The summed E-state index contributed by atoms with van der Waals surface area (Å²) < 4.78 is 11.6. The molecule has 2 saturated heterocycles. The van der Waals surface area contributed by atoms with Crippen molar-refractivity contribution in [2.24, 2.45) is 23.7 Å². The molecule has 3 aliphatic heterocycles. The molecule has 1 spiro atoms. The Morgan fingerprint density at radius 3 is 2.60 bits per heavy atom. The van der Waals surface area contributed by atoms with Crippen LogP contribution in [0.1, 0.15) is 33.6 Å². The van der Waals surface area contributed by atoms with E-state index in [1.165, 1.54) is 6.08 Å². The normalized spacial score (nSPS) is 47.3. The fourth-order valence-electron chi connectivity index (χ4n) is 4.79. The minimum atomic E-state index is -1.18. The van der Waals surface area contributed by atoms with Gasteiger partial charge in [-0.15, -0.1) is 0 Å². The minimum Gasteiger partial charge on any atom is -0.486 e. The van der Waals surface area contributed by atoms with E-state index in [2.05, 4.69) is 0 Å². The Balaban J connectivity index is 1.93. The molecule has 7 atom stereocenters. The van der Waals surface area contributed by atoms with Crippen LogP contribution in [0, 0.1) is 23.7 Å². The van der Waals surface area contributed by atoms with Crippen molar-refractivity contribution in [3.63, 3.8) is 0 Å². The maximum atomic E-state index is 12.9. The number of aliphatic hydroxyl groups is 1. The van der Waals surface area contributed by atoms with Crippen LogP contribution in [0.2, 0.25) is 0 Å². The highest BCUT2D eigenvalue weighted by atomic mass is 16.6. The highest BCUT2D eigenvalue weighted by Crippen LogP contribution is 2.56. The van der Waals surface area contributed by atoms with Crippen molar-refractivity contribution in [2.75, 3.05) is 0 Å². The molecule has 1 saturated carbocycles. The fourth-order valence-corrected chi connectivity index (χ4v) is 4.79.